The first-order chi connectivity index (χ1) is 25.7. The quantitative estimate of drug-likeness (QED) is 0.120. The summed E-state index contributed by atoms with van der Waals surface area (Å²) in [7, 11) is 0. The number of ether oxygens (including phenoxy) is 4. The van der Waals surface area contributed by atoms with Crippen molar-refractivity contribution in [1.29, 1.82) is 0 Å². The number of nitrogens with zero attached hydrogens (tertiary/aromatic N) is 5. The van der Waals surface area contributed by atoms with Gasteiger partial charge in [0.2, 0.25) is 11.7 Å². The van der Waals surface area contributed by atoms with Crippen LogP contribution in [0.3, 0.4) is 0 Å². The van der Waals surface area contributed by atoms with Crippen molar-refractivity contribution in [2.75, 3.05) is 31.1 Å². The smallest absolute Gasteiger partial charge is 0.418 e. The molecule has 296 valence electrons. The second kappa shape index (κ2) is 14.8. The molecule has 3 aromatic heterocycles. The molecule has 0 saturated carbocycles. The Balaban J connectivity index is 1.38. The summed E-state index contributed by atoms with van der Waals surface area (Å²) in [6, 6.07) is 7.10. The maximum absolute atomic E-state index is 17.3. The van der Waals surface area contributed by atoms with Gasteiger partial charge in [-0.15, -0.1) is 6.58 Å². The molecule has 2 fully saturated rings. The molecule has 0 aliphatic carbocycles. The number of halogens is 4. The molecule has 4 atom stereocenters. The van der Waals surface area contributed by atoms with Crippen LogP contribution in [0.2, 0.25) is 5.02 Å². The van der Waals surface area contributed by atoms with E-state index in [1.165, 1.54) is 28.1 Å². The van der Waals surface area contributed by atoms with Crippen molar-refractivity contribution in [3.8, 4) is 5.88 Å². The predicted molar refractivity (Wildman–Crippen MR) is 199 cm³/mol. The number of furan rings is 1. The molecule has 0 bridgehead atoms. The number of para-hydroxylation sites is 1. The highest BCUT2D eigenvalue weighted by Gasteiger charge is 2.49. The zero-order valence-electron chi connectivity index (χ0n) is 31.8. The van der Waals surface area contributed by atoms with Crippen LogP contribution in [0, 0.1) is 5.92 Å². The molecule has 6 rings (SSSR count). The van der Waals surface area contributed by atoms with Crippen molar-refractivity contribution >= 4 is 51.6 Å². The van der Waals surface area contributed by atoms with Crippen LogP contribution in [0.1, 0.15) is 72.7 Å². The minimum atomic E-state index is -3.94. The number of piperidine rings is 1. The number of alkyl halides is 3. The molecular formula is C39H45ClF3N5O7. The van der Waals surface area contributed by atoms with E-state index in [4.69, 9.17) is 35.0 Å². The number of fused-ring (bicyclic) bond motifs is 3. The number of pyridine rings is 1. The Morgan fingerprint density at radius 2 is 1.80 bits per heavy atom. The zero-order chi connectivity index (χ0) is 40.1. The van der Waals surface area contributed by atoms with E-state index >= 15 is 13.2 Å². The van der Waals surface area contributed by atoms with E-state index in [0.29, 0.717) is 11.0 Å². The van der Waals surface area contributed by atoms with Gasteiger partial charge in [-0.05, 0) is 59.7 Å². The summed E-state index contributed by atoms with van der Waals surface area (Å²) in [5.74, 6) is -2.54. The minimum Gasteiger partial charge on any atom is -0.472 e. The molecule has 4 aromatic rings. The summed E-state index contributed by atoms with van der Waals surface area (Å²) in [6.07, 6.45) is -2.97. The van der Waals surface area contributed by atoms with E-state index < -0.39 is 65.5 Å². The maximum Gasteiger partial charge on any atom is 0.418 e. The van der Waals surface area contributed by atoms with Gasteiger partial charge in [-0.2, -0.15) is 8.78 Å². The molecule has 16 heteroatoms. The van der Waals surface area contributed by atoms with Gasteiger partial charge in [-0.1, -0.05) is 36.7 Å². The van der Waals surface area contributed by atoms with Crippen molar-refractivity contribution in [2.45, 2.75) is 96.4 Å². The Morgan fingerprint density at radius 1 is 1.09 bits per heavy atom. The lowest BCUT2D eigenvalue weighted by atomic mass is 9.79. The average Bonchev–Trinajstić information content (AvgIpc) is 3.69. The Hall–Kier alpha value is -4.63. The Kier molecular flexibility index (Phi) is 10.8. The van der Waals surface area contributed by atoms with Crippen LogP contribution in [0.25, 0.3) is 22.1 Å². The third kappa shape index (κ3) is 8.47. The molecule has 55 heavy (non-hydrogen) atoms. The van der Waals surface area contributed by atoms with Crippen LogP contribution in [0.5, 0.6) is 5.88 Å². The van der Waals surface area contributed by atoms with Gasteiger partial charge in [0, 0.05) is 43.4 Å². The van der Waals surface area contributed by atoms with Gasteiger partial charge in [0.25, 0.3) is 0 Å². The van der Waals surface area contributed by atoms with Crippen LogP contribution >= 0.6 is 11.6 Å². The number of anilines is 1. The first-order valence-electron chi connectivity index (χ1n) is 18.0. The molecule has 0 N–H and O–H groups in total. The number of rotatable bonds is 9. The Morgan fingerprint density at radius 3 is 2.47 bits per heavy atom. The average molecular weight is 788 g/mol. The second-order valence-electron chi connectivity index (χ2n) is 15.9. The minimum absolute atomic E-state index is 0.0235. The SMILES string of the molecule is C=CCOC(F)(F)c1nc(N2C[C@@H](Oc3ncc(Cl)cc3[C@@]3(F)CCN(C(=O)OC(C)(C)C)C[C@@H]3C)C[C@H]2C(=O)OC(C)(C)C)c2oc3ccccc3c2n1. The third-order valence-corrected chi connectivity index (χ3v) is 9.48. The molecular weight excluding hydrogens is 743 g/mol. The van der Waals surface area contributed by atoms with Crippen molar-refractivity contribution < 1.29 is 46.1 Å². The standard InChI is InChI=1S/C39H45ClF3N5O7/c1-9-16-51-39(42,43)34-45-29-25-12-10-11-13-28(25)53-30(29)31(46-34)48-21-24(18-27(48)33(49)54-36(3,4)5)52-32-26(17-23(40)19-44-32)38(41)14-15-47(20-22(38)2)35(50)55-37(6,7)8/h9-13,17,19,22,24,27H,1,14-16,18,20-21H2,2-8H3/t22-,24-,27-,38+/m0/s1. The number of carbonyl (C=O) groups excluding carboxylic acids is 2. The maximum atomic E-state index is 17.3. The van der Waals surface area contributed by atoms with Crippen LogP contribution in [-0.2, 0) is 30.8 Å². The number of benzene rings is 1. The fourth-order valence-electron chi connectivity index (χ4n) is 6.82. The van der Waals surface area contributed by atoms with E-state index in [1.54, 1.807) is 72.7 Å². The molecule has 5 heterocycles. The lowest BCUT2D eigenvalue weighted by Gasteiger charge is -2.42. The van der Waals surface area contributed by atoms with Crippen LogP contribution in [0.15, 0.2) is 53.6 Å². The van der Waals surface area contributed by atoms with E-state index in [2.05, 4.69) is 21.5 Å². The number of likely N-dealkylation sites (tertiary alicyclic amines) is 1. The van der Waals surface area contributed by atoms with Gasteiger partial charge in [-0.25, -0.2) is 28.9 Å². The highest BCUT2D eigenvalue weighted by atomic mass is 35.5. The van der Waals surface area contributed by atoms with Crippen molar-refractivity contribution in [3.05, 3.63) is 65.6 Å². The number of amides is 1. The fourth-order valence-corrected chi connectivity index (χ4v) is 6.98. The largest absolute Gasteiger partial charge is 0.472 e. The van der Waals surface area contributed by atoms with Crippen LogP contribution in [-0.4, -0.2) is 81.5 Å². The second-order valence-corrected chi connectivity index (χ2v) is 16.3. The highest BCUT2D eigenvalue weighted by Crippen LogP contribution is 2.46. The van der Waals surface area contributed by atoms with Gasteiger partial charge in [-0.3, -0.25) is 0 Å². The molecule has 2 aliphatic heterocycles. The van der Waals surface area contributed by atoms with E-state index in [9.17, 15) is 9.59 Å². The van der Waals surface area contributed by atoms with Gasteiger partial charge in [0.05, 0.1) is 23.7 Å². The molecule has 0 radical (unpaired) electrons. The van der Waals surface area contributed by atoms with Crippen LogP contribution < -0.4 is 9.64 Å². The van der Waals surface area contributed by atoms with E-state index in [0.717, 1.165) is 0 Å². The van der Waals surface area contributed by atoms with Crippen molar-refractivity contribution in [2.24, 2.45) is 5.92 Å². The van der Waals surface area contributed by atoms with E-state index in [-0.39, 0.29) is 65.9 Å². The Bertz CT molecular complexity index is 2100. The van der Waals surface area contributed by atoms with Gasteiger partial charge < -0.3 is 33.2 Å². The number of carbonyl (C=O) groups is 2. The molecule has 12 nitrogen and oxygen atoms in total. The number of aromatic nitrogens is 3. The van der Waals surface area contributed by atoms with Gasteiger partial charge in [0.15, 0.2) is 11.4 Å². The first-order valence-corrected chi connectivity index (χ1v) is 18.4. The molecule has 2 saturated heterocycles. The zero-order valence-corrected chi connectivity index (χ0v) is 32.6. The summed E-state index contributed by atoms with van der Waals surface area (Å²) < 4.78 is 76.9. The summed E-state index contributed by atoms with van der Waals surface area (Å²) in [5, 5.41) is 0.610. The topological polar surface area (TPSA) is 129 Å². The third-order valence-electron chi connectivity index (χ3n) is 9.27. The predicted octanol–water partition coefficient (Wildman–Crippen LogP) is 8.49. The molecule has 1 amide bonds. The monoisotopic (exact) mass is 787 g/mol. The summed E-state index contributed by atoms with van der Waals surface area (Å²) in [6.45, 7) is 15.0. The highest BCUT2D eigenvalue weighted by molar-refractivity contribution is 6.30. The first kappa shape index (κ1) is 40.0. The van der Waals surface area contributed by atoms with Gasteiger partial charge in [0.1, 0.15) is 40.1 Å². The molecule has 0 spiro atoms. The summed E-state index contributed by atoms with van der Waals surface area (Å²) in [4.78, 5) is 42.5. The number of hydrogen-bond donors (Lipinski definition) is 0. The number of esters is 1. The normalized spacial score (nSPS) is 22.3. The fraction of sp³-hybridized carbons (Fsp3) is 0.513. The van der Waals surface area contributed by atoms with Crippen molar-refractivity contribution in [3.63, 3.8) is 0 Å². The summed E-state index contributed by atoms with van der Waals surface area (Å²) in [5.41, 5.74) is -3.08. The Labute approximate surface area is 321 Å². The lowest BCUT2D eigenvalue weighted by molar-refractivity contribution is -0.247. The molecule has 1 aromatic carbocycles. The molecule has 2 aliphatic rings. The van der Waals surface area contributed by atoms with Crippen molar-refractivity contribution in [1.82, 2.24) is 19.9 Å². The molecule has 0 unspecified atom stereocenters. The van der Waals surface area contributed by atoms with Crippen LogP contribution in [0.4, 0.5) is 23.8 Å². The lowest BCUT2D eigenvalue weighted by Crippen LogP contribution is -2.50. The summed E-state index contributed by atoms with van der Waals surface area (Å²) >= 11 is 6.38. The van der Waals surface area contributed by atoms with E-state index in [1.807, 2.05) is 0 Å². The van der Waals surface area contributed by atoms with Gasteiger partial charge >= 0.3 is 18.2 Å². The number of hydrogen-bond acceptors (Lipinski definition) is 11.